The molecule has 3 aromatic rings. The van der Waals surface area contributed by atoms with Crippen molar-refractivity contribution in [2.75, 3.05) is 30.8 Å². The molecule has 3 rings (SSSR count). The predicted molar refractivity (Wildman–Crippen MR) is 111 cm³/mol. The number of hydrogen-bond acceptors (Lipinski definition) is 6. The first kappa shape index (κ1) is 19.9. The van der Waals surface area contributed by atoms with Crippen LogP contribution in [0.1, 0.15) is 10.4 Å². The summed E-state index contributed by atoms with van der Waals surface area (Å²) in [5.41, 5.74) is 1.76. The Hall–Kier alpha value is -2.82. The minimum Gasteiger partial charge on any atom is -0.296 e. The highest BCUT2D eigenvalue weighted by molar-refractivity contribution is 7.90. The lowest BCUT2D eigenvalue weighted by molar-refractivity contribution is 0.102. The fourth-order valence-corrected chi connectivity index (χ4v) is 3.96. The molecule has 1 heterocycles. The molecule has 1 amide bonds. The lowest BCUT2D eigenvalue weighted by Gasteiger charge is -2.23. The van der Waals surface area contributed by atoms with Gasteiger partial charge in [0.15, 0.2) is 0 Å². The molecule has 2 aromatic carbocycles. The van der Waals surface area contributed by atoms with E-state index in [0.29, 0.717) is 21.4 Å². The van der Waals surface area contributed by atoms with Gasteiger partial charge < -0.3 is 0 Å². The Morgan fingerprint density at radius 2 is 1.61 bits per heavy atom. The van der Waals surface area contributed by atoms with Crippen molar-refractivity contribution in [3.8, 4) is 10.6 Å². The number of nitrogens with one attached hydrogen (secondary N) is 1. The van der Waals surface area contributed by atoms with E-state index in [1.165, 1.54) is 32.5 Å². The maximum atomic E-state index is 12.4. The molecule has 0 aliphatic carbocycles. The number of rotatable bonds is 6. The zero-order chi connectivity index (χ0) is 20.3. The first-order valence-corrected chi connectivity index (χ1v) is 10.5. The van der Waals surface area contributed by atoms with E-state index in [1.54, 1.807) is 24.3 Å². The van der Waals surface area contributed by atoms with Crippen LogP contribution < -0.4 is 9.62 Å². The number of aromatic nitrogens is 2. The van der Waals surface area contributed by atoms with Crippen LogP contribution in [0.2, 0.25) is 0 Å². The Morgan fingerprint density at radius 1 is 0.964 bits per heavy atom. The number of hydrogen-bond donors (Lipinski definition) is 1. The van der Waals surface area contributed by atoms with Gasteiger partial charge in [-0.05, 0) is 24.3 Å². The van der Waals surface area contributed by atoms with Crippen molar-refractivity contribution in [3.05, 3.63) is 60.2 Å². The van der Waals surface area contributed by atoms with Crippen LogP contribution in [0.25, 0.3) is 10.6 Å². The number of anilines is 2. The van der Waals surface area contributed by atoms with Gasteiger partial charge in [-0.3, -0.25) is 14.4 Å². The summed E-state index contributed by atoms with van der Waals surface area (Å²) in [5, 5.41) is 11.9. The third-order valence-electron chi connectivity index (χ3n) is 3.97. The molecule has 1 N–H and O–H groups in total. The second-order valence-electron chi connectivity index (χ2n) is 6.04. The van der Waals surface area contributed by atoms with Crippen molar-refractivity contribution in [2.45, 2.75) is 0 Å². The predicted octanol–water partition coefficient (Wildman–Crippen LogP) is 2.70. The standard InChI is InChI=1S/C18H19N5O3S2/c1-22(2)28(25,26)23(3)15-11-9-13(10-12-15)16(24)19-18-21-20-17(27-18)14-7-5-4-6-8-14/h4-12H,1-3H3,(H,19,21,24). The SMILES string of the molecule is CN(C)S(=O)(=O)N(C)c1ccc(C(=O)Nc2nnc(-c3ccccc3)s2)cc1. The maximum absolute atomic E-state index is 12.4. The maximum Gasteiger partial charge on any atom is 0.303 e. The van der Waals surface area contributed by atoms with Crippen LogP contribution in [-0.4, -0.2) is 50.0 Å². The summed E-state index contributed by atoms with van der Waals surface area (Å²) in [6, 6.07) is 15.8. The van der Waals surface area contributed by atoms with E-state index in [1.807, 2.05) is 30.3 Å². The summed E-state index contributed by atoms with van der Waals surface area (Å²) in [7, 11) is 0.785. The molecule has 0 saturated carbocycles. The van der Waals surface area contributed by atoms with Crippen LogP contribution >= 0.6 is 11.3 Å². The second kappa shape index (κ2) is 8.05. The zero-order valence-corrected chi connectivity index (χ0v) is 17.2. The van der Waals surface area contributed by atoms with Crippen molar-refractivity contribution in [1.82, 2.24) is 14.5 Å². The van der Waals surface area contributed by atoms with Crippen molar-refractivity contribution in [3.63, 3.8) is 0 Å². The van der Waals surface area contributed by atoms with E-state index >= 15 is 0 Å². The molecule has 0 fully saturated rings. The summed E-state index contributed by atoms with van der Waals surface area (Å²) in [6.45, 7) is 0. The van der Waals surface area contributed by atoms with Gasteiger partial charge in [-0.2, -0.15) is 12.7 Å². The van der Waals surface area contributed by atoms with Gasteiger partial charge in [-0.1, -0.05) is 41.7 Å². The Balaban J connectivity index is 1.71. The van der Waals surface area contributed by atoms with Crippen molar-refractivity contribution in [2.24, 2.45) is 0 Å². The number of amides is 1. The minimum absolute atomic E-state index is 0.347. The van der Waals surface area contributed by atoms with Gasteiger partial charge >= 0.3 is 10.2 Å². The summed E-state index contributed by atoms with van der Waals surface area (Å²) >= 11 is 1.28. The summed E-state index contributed by atoms with van der Waals surface area (Å²) < 4.78 is 26.6. The van der Waals surface area contributed by atoms with E-state index < -0.39 is 10.2 Å². The topological polar surface area (TPSA) is 95.5 Å². The lowest BCUT2D eigenvalue weighted by atomic mass is 10.2. The molecule has 0 bridgehead atoms. The molecule has 146 valence electrons. The van der Waals surface area contributed by atoms with Crippen molar-refractivity contribution >= 4 is 38.3 Å². The highest BCUT2D eigenvalue weighted by Crippen LogP contribution is 2.26. The average Bonchev–Trinajstić information content (AvgIpc) is 3.16. The van der Waals surface area contributed by atoms with E-state index in [0.717, 1.165) is 14.2 Å². The molecule has 28 heavy (non-hydrogen) atoms. The van der Waals surface area contributed by atoms with E-state index in [9.17, 15) is 13.2 Å². The largest absolute Gasteiger partial charge is 0.303 e. The molecule has 10 heteroatoms. The van der Waals surface area contributed by atoms with Crippen LogP contribution in [-0.2, 0) is 10.2 Å². The van der Waals surface area contributed by atoms with Crippen molar-refractivity contribution in [1.29, 1.82) is 0 Å². The highest BCUT2D eigenvalue weighted by atomic mass is 32.2. The summed E-state index contributed by atoms with van der Waals surface area (Å²) in [5.74, 6) is -0.347. The Bertz CT molecular complexity index is 1060. The third kappa shape index (κ3) is 4.19. The zero-order valence-electron chi connectivity index (χ0n) is 15.5. The van der Waals surface area contributed by atoms with E-state index in [4.69, 9.17) is 0 Å². The normalized spacial score (nSPS) is 11.4. The molecule has 0 aliphatic rings. The van der Waals surface area contributed by atoms with Crippen molar-refractivity contribution < 1.29 is 13.2 Å². The minimum atomic E-state index is -3.59. The van der Waals surface area contributed by atoms with E-state index in [2.05, 4.69) is 15.5 Å². The Kier molecular flexibility index (Phi) is 5.73. The smallest absolute Gasteiger partial charge is 0.296 e. The monoisotopic (exact) mass is 417 g/mol. The Labute approximate surface area is 167 Å². The van der Waals surface area contributed by atoms with Gasteiger partial charge in [0, 0.05) is 32.3 Å². The van der Waals surface area contributed by atoms with Crippen LogP contribution in [0.15, 0.2) is 54.6 Å². The number of nitrogens with zero attached hydrogens (tertiary/aromatic N) is 4. The fourth-order valence-electron chi connectivity index (χ4n) is 2.34. The molecule has 0 unspecified atom stereocenters. The van der Waals surface area contributed by atoms with Gasteiger partial charge in [-0.25, -0.2) is 0 Å². The second-order valence-corrected chi connectivity index (χ2v) is 9.19. The highest BCUT2D eigenvalue weighted by Gasteiger charge is 2.21. The Morgan fingerprint density at radius 3 is 2.21 bits per heavy atom. The molecular formula is C18H19N5O3S2. The van der Waals surface area contributed by atoms with Gasteiger partial charge in [0.2, 0.25) is 5.13 Å². The quantitative estimate of drug-likeness (QED) is 0.665. The lowest BCUT2D eigenvalue weighted by Crippen LogP contribution is -2.37. The first-order valence-electron chi connectivity index (χ1n) is 8.26. The average molecular weight is 418 g/mol. The van der Waals surface area contributed by atoms with Crippen LogP contribution in [0.3, 0.4) is 0 Å². The molecule has 0 aliphatic heterocycles. The molecule has 0 saturated heterocycles. The molecular weight excluding hydrogens is 398 g/mol. The molecule has 0 atom stereocenters. The molecule has 1 aromatic heterocycles. The van der Waals surface area contributed by atoms with Gasteiger partial charge in [0.1, 0.15) is 5.01 Å². The molecule has 8 nitrogen and oxygen atoms in total. The van der Waals surface area contributed by atoms with Crippen LogP contribution in [0.5, 0.6) is 0 Å². The summed E-state index contributed by atoms with van der Waals surface area (Å²) in [6.07, 6.45) is 0. The van der Waals surface area contributed by atoms with E-state index in [-0.39, 0.29) is 5.91 Å². The molecule has 0 radical (unpaired) electrons. The summed E-state index contributed by atoms with van der Waals surface area (Å²) in [4.78, 5) is 12.4. The van der Waals surface area contributed by atoms with Gasteiger partial charge in [0.25, 0.3) is 5.91 Å². The number of carbonyl (C=O) groups excluding carboxylic acids is 1. The van der Waals surface area contributed by atoms with Crippen LogP contribution in [0.4, 0.5) is 10.8 Å². The van der Waals surface area contributed by atoms with Crippen LogP contribution in [0, 0.1) is 0 Å². The molecule has 0 spiro atoms. The third-order valence-corrected chi connectivity index (χ3v) is 6.68. The number of carbonyl (C=O) groups is 1. The van der Waals surface area contributed by atoms with Gasteiger partial charge in [0.05, 0.1) is 5.69 Å². The number of benzene rings is 2. The van der Waals surface area contributed by atoms with Gasteiger partial charge in [-0.15, -0.1) is 10.2 Å². The first-order chi connectivity index (χ1) is 13.3. The fraction of sp³-hybridized carbons (Fsp3) is 0.167.